The van der Waals surface area contributed by atoms with Crippen molar-refractivity contribution in [3.63, 3.8) is 0 Å². The molecule has 0 N–H and O–H groups in total. The molecule has 2 heterocycles. The highest BCUT2D eigenvalue weighted by Crippen LogP contribution is 2.69. The van der Waals surface area contributed by atoms with E-state index >= 15 is 8.78 Å². The maximum atomic E-state index is 15.2. The van der Waals surface area contributed by atoms with Gasteiger partial charge in [0.2, 0.25) is 0 Å². The summed E-state index contributed by atoms with van der Waals surface area (Å²) in [5.74, 6) is -19.4. The van der Waals surface area contributed by atoms with Gasteiger partial charge in [-0.3, -0.25) is 0 Å². The lowest BCUT2D eigenvalue weighted by molar-refractivity contribution is -0.626. The van der Waals surface area contributed by atoms with E-state index in [4.69, 9.17) is 0 Å². The Morgan fingerprint density at radius 1 is 0.325 bits per heavy atom. The third-order valence-corrected chi connectivity index (χ3v) is 4.84. The van der Waals surface area contributed by atoms with Crippen molar-refractivity contribution >= 4 is 0 Å². The maximum absolute atomic E-state index is 15.2. The summed E-state index contributed by atoms with van der Waals surface area (Å²) in [5, 5.41) is 0. The van der Waals surface area contributed by atoms with E-state index in [1.807, 2.05) is 0 Å². The first-order valence-electron chi connectivity index (χ1n) is 8.44. The molecule has 2 aliphatic rings. The molecular weight excluding hydrogens is 660 g/mol. The maximum Gasteiger partial charge on any atom is 0.442 e. The minimum absolute atomic E-state index is 1.41. The topological polar surface area (TPSA) is 24.9 Å². The average Bonchev–Trinajstić information content (AvgIpc) is 2.61. The number of hydrogen-bond donors (Lipinski definition) is 0. The Balaban J connectivity index is 3.31. The molecule has 28 heteroatoms. The molecule has 0 aromatic carbocycles. The van der Waals surface area contributed by atoms with Crippen LogP contribution in [0.15, 0.2) is 0 Å². The van der Waals surface area contributed by atoms with Crippen LogP contribution in [-0.4, -0.2) is 82.4 Å². The monoisotopic (exact) mass is 660 g/mol. The quantitative estimate of drug-likeness (QED) is 0.245. The van der Waals surface area contributed by atoms with Gasteiger partial charge in [-0.2, -0.15) is 96.6 Å². The molecule has 0 amide bonds. The van der Waals surface area contributed by atoms with Crippen molar-refractivity contribution in [1.82, 2.24) is 9.80 Å². The van der Waals surface area contributed by atoms with E-state index in [1.54, 1.807) is 0 Å². The van der Waals surface area contributed by atoms with Gasteiger partial charge >= 0.3 is 72.6 Å². The number of halogens is 24. The van der Waals surface area contributed by atoms with Gasteiger partial charge in [-0.25, -0.2) is 18.3 Å². The molecule has 0 spiro atoms. The lowest BCUT2D eigenvalue weighted by Gasteiger charge is -2.59. The molecule has 2 saturated heterocycles. The van der Waals surface area contributed by atoms with Crippen molar-refractivity contribution in [2.45, 2.75) is 72.6 Å². The fourth-order valence-corrected chi connectivity index (χ4v) is 3.14. The molecule has 2 atom stereocenters. The summed E-state index contributed by atoms with van der Waals surface area (Å²) in [4.78, 5) is -10.6. The number of nitrogens with zero attached hydrogens (tertiary/aromatic N) is 2. The normalized spacial score (nSPS) is 32.1. The molecule has 2 rings (SSSR count). The van der Waals surface area contributed by atoms with Gasteiger partial charge in [-0.05, 0) is 0 Å². The van der Waals surface area contributed by atoms with E-state index in [0.717, 1.165) is 0 Å². The standard InChI is InChI=1S/C12F24N2O2/c13-1(3(15,16)17,37-5(21,22)9(29,30)39-10(31,32)6(37,23)24)2(14,4(18,19)20)38-7(25,26)11(33,34)40-12(35,36)8(38,27)28. The summed E-state index contributed by atoms with van der Waals surface area (Å²) in [7, 11) is 0. The van der Waals surface area contributed by atoms with Crippen LogP contribution in [-0.2, 0) is 9.47 Å². The molecule has 0 radical (unpaired) electrons. The number of hydrogen-bond acceptors (Lipinski definition) is 4. The van der Waals surface area contributed by atoms with Crippen LogP contribution >= 0.6 is 0 Å². The number of morpholine rings is 2. The van der Waals surface area contributed by atoms with Crippen LogP contribution in [0.2, 0.25) is 0 Å². The van der Waals surface area contributed by atoms with Crippen LogP contribution in [0.25, 0.3) is 0 Å². The minimum atomic E-state index is -9.72. The summed E-state index contributed by atoms with van der Waals surface area (Å²) in [6, 6.07) is -34.2. The Hall–Kier alpha value is -1.84. The number of alkyl halides is 24. The van der Waals surface area contributed by atoms with E-state index in [-0.39, 0.29) is 0 Å². The van der Waals surface area contributed by atoms with Crippen LogP contribution < -0.4 is 0 Å². The van der Waals surface area contributed by atoms with Crippen molar-refractivity contribution in [3.05, 3.63) is 0 Å². The third kappa shape index (κ3) is 3.75. The van der Waals surface area contributed by atoms with Gasteiger partial charge in [-0.1, -0.05) is 0 Å². The highest BCUT2D eigenvalue weighted by atomic mass is 19.4. The van der Waals surface area contributed by atoms with E-state index < -0.39 is 82.4 Å². The van der Waals surface area contributed by atoms with Gasteiger partial charge in [0.25, 0.3) is 0 Å². The highest BCUT2D eigenvalue weighted by molar-refractivity contribution is 5.18. The second-order valence-corrected chi connectivity index (χ2v) is 7.35. The fourth-order valence-electron chi connectivity index (χ4n) is 3.14. The Morgan fingerprint density at radius 3 is 0.600 bits per heavy atom. The van der Waals surface area contributed by atoms with Crippen LogP contribution in [0.5, 0.6) is 0 Å². The molecule has 238 valence electrons. The molecule has 2 aliphatic heterocycles. The van der Waals surface area contributed by atoms with E-state index in [0.29, 0.717) is 0 Å². The highest BCUT2D eigenvalue weighted by Gasteiger charge is 3.01. The zero-order valence-electron chi connectivity index (χ0n) is 16.8. The molecule has 40 heavy (non-hydrogen) atoms. The van der Waals surface area contributed by atoms with E-state index in [1.165, 1.54) is 9.47 Å². The predicted molar refractivity (Wildman–Crippen MR) is 65.2 cm³/mol. The van der Waals surface area contributed by atoms with Gasteiger partial charge in [-0.15, -0.1) is 9.80 Å². The first-order chi connectivity index (χ1) is 16.9. The molecule has 2 fully saturated rings. The first-order valence-corrected chi connectivity index (χ1v) is 8.44. The zero-order chi connectivity index (χ0) is 32.6. The average molecular weight is 660 g/mol. The Morgan fingerprint density at radius 2 is 0.475 bits per heavy atom. The first kappa shape index (κ1) is 34.4. The smallest absolute Gasteiger partial charge is 0.243 e. The molecule has 0 saturated carbocycles. The third-order valence-electron chi connectivity index (χ3n) is 4.84. The lowest BCUT2D eigenvalue weighted by Crippen LogP contribution is -2.91. The summed E-state index contributed by atoms with van der Waals surface area (Å²) in [6.07, 6.45) is -49.9. The molecular formula is C12F24N2O2. The molecule has 0 aromatic rings. The van der Waals surface area contributed by atoms with Crippen molar-refractivity contribution in [3.8, 4) is 0 Å². The van der Waals surface area contributed by atoms with Crippen molar-refractivity contribution in [1.29, 1.82) is 0 Å². The van der Waals surface area contributed by atoms with Crippen LogP contribution in [0, 0.1) is 0 Å². The van der Waals surface area contributed by atoms with Gasteiger partial charge in [0, 0.05) is 0 Å². The van der Waals surface area contributed by atoms with Crippen molar-refractivity contribution in [2.24, 2.45) is 0 Å². The van der Waals surface area contributed by atoms with Gasteiger partial charge in [0.1, 0.15) is 0 Å². The lowest BCUT2D eigenvalue weighted by atomic mass is 9.92. The van der Waals surface area contributed by atoms with Crippen LogP contribution in [0.1, 0.15) is 0 Å². The molecule has 0 aliphatic carbocycles. The molecule has 4 nitrogen and oxygen atoms in total. The van der Waals surface area contributed by atoms with Crippen molar-refractivity contribution in [2.75, 3.05) is 0 Å². The number of ether oxygens (including phenoxy) is 2. The Kier molecular flexibility index (Phi) is 6.83. The summed E-state index contributed by atoms with van der Waals surface area (Å²) >= 11 is 0. The van der Waals surface area contributed by atoms with Crippen LogP contribution in [0.4, 0.5) is 105 Å². The van der Waals surface area contributed by atoms with Crippen molar-refractivity contribution < 1.29 is 115 Å². The van der Waals surface area contributed by atoms with Gasteiger partial charge < -0.3 is 0 Å². The van der Waals surface area contributed by atoms with E-state index in [2.05, 4.69) is 0 Å². The Labute approximate surface area is 198 Å². The van der Waals surface area contributed by atoms with Crippen LogP contribution in [0.3, 0.4) is 0 Å². The minimum Gasteiger partial charge on any atom is -0.243 e. The SMILES string of the molecule is FC(F)(F)C(F)(N1C(F)(F)C(F)(F)OC(F)(F)C1(F)F)C(F)(N1C(F)(F)C(F)(F)OC(F)(F)C1(F)F)C(F)(F)F. The predicted octanol–water partition coefficient (Wildman–Crippen LogP) is 6.85. The second kappa shape index (κ2) is 7.95. The van der Waals surface area contributed by atoms with Gasteiger partial charge in [0.15, 0.2) is 0 Å². The number of rotatable bonds is 3. The molecule has 2 unspecified atom stereocenters. The Bertz CT molecular complexity index is 884. The van der Waals surface area contributed by atoms with Gasteiger partial charge in [0.05, 0.1) is 0 Å². The van der Waals surface area contributed by atoms with E-state index in [9.17, 15) is 96.6 Å². The summed E-state index contributed by atoms with van der Waals surface area (Å²) < 4.78 is 332. The summed E-state index contributed by atoms with van der Waals surface area (Å²) in [6.45, 7) is 0. The summed E-state index contributed by atoms with van der Waals surface area (Å²) in [5.41, 5.74) is 0. The second-order valence-electron chi connectivity index (χ2n) is 7.35. The largest absolute Gasteiger partial charge is 0.442 e. The zero-order valence-corrected chi connectivity index (χ0v) is 16.8. The molecule has 0 bridgehead atoms. The molecule has 0 aromatic heterocycles. The fraction of sp³-hybridized carbons (Fsp3) is 1.00.